The summed E-state index contributed by atoms with van der Waals surface area (Å²) in [4.78, 5) is 4.02. The lowest BCUT2D eigenvalue weighted by Gasteiger charge is -2.10. The molecule has 0 radical (unpaired) electrons. The largest absolute Gasteiger partial charge is 0.456 e. The van der Waals surface area contributed by atoms with Crippen LogP contribution in [0.5, 0.6) is 11.5 Å². The number of rotatable bonds is 4. The van der Waals surface area contributed by atoms with E-state index in [9.17, 15) is 5.26 Å². The second-order valence-corrected chi connectivity index (χ2v) is 5.17. The Hall–Kier alpha value is -2.48. The first-order valence-corrected chi connectivity index (χ1v) is 7.04. The Morgan fingerprint density at radius 1 is 1.22 bits per heavy atom. The van der Waals surface area contributed by atoms with Gasteiger partial charge >= 0.3 is 0 Å². The van der Waals surface area contributed by atoms with E-state index in [0.717, 1.165) is 5.56 Å². The van der Waals surface area contributed by atoms with E-state index in [1.54, 1.807) is 42.9 Å². The van der Waals surface area contributed by atoms with Crippen LogP contribution in [0.1, 0.15) is 11.1 Å². The number of hydrogen-bond acceptors (Lipinski definition) is 3. The molecule has 0 atom stereocenters. The van der Waals surface area contributed by atoms with Gasteiger partial charge in [-0.25, -0.2) is 4.98 Å². The molecule has 0 aliphatic rings. The third-order valence-electron chi connectivity index (χ3n) is 3.11. The van der Waals surface area contributed by atoms with Crippen molar-refractivity contribution in [3.05, 3.63) is 77.3 Å². The molecule has 3 aromatic rings. The van der Waals surface area contributed by atoms with E-state index in [-0.39, 0.29) is 12.4 Å². The maximum Gasteiger partial charge on any atom is 0.145 e. The molecular weight excluding hydrogens is 333 g/mol. The Balaban J connectivity index is 0.00000192. The van der Waals surface area contributed by atoms with Crippen LogP contribution in [-0.2, 0) is 6.54 Å². The lowest BCUT2D eigenvalue weighted by Crippen LogP contribution is -1.98. The number of imidazole rings is 1. The molecule has 0 saturated carbocycles. The maximum absolute atomic E-state index is 9.23. The van der Waals surface area contributed by atoms with Gasteiger partial charge in [0.05, 0.1) is 11.9 Å². The van der Waals surface area contributed by atoms with Crippen LogP contribution in [0.15, 0.2) is 61.2 Å². The SMILES string of the molecule is Cl.N#Cc1ccc(Cn2ccnc2)cc1Oc1cccc(Cl)c1. The lowest BCUT2D eigenvalue weighted by molar-refractivity contribution is 0.480. The van der Waals surface area contributed by atoms with E-state index in [0.29, 0.717) is 28.6 Å². The van der Waals surface area contributed by atoms with Crippen molar-refractivity contribution in [2.45, 2.75) is 6.54 Å². The van der Waals surface area contributed by atoms with Crippen molar-refractivity contribution in [2.24, 2.45) is 0 Å². The molecule has 0 saturated heterocycles. The molecule has 0 amide bonds. The molecule has 4 nitrogen and oxygen atoms in total. The predicted octanol–water partition coefficient (Wildman–Crippen LogP) is 4.67. The van der Waals surface area contributed by atoms with Gasteiger partial charge in [0.2, 0.25) is 0 Å². The van der Waals surface area contributed by atoms with Gasteiger partial charge in [0, 0.05) is 24.0 Å². The van der Waals surface area contributed by atoms with Crippen LogP contribution in [0.4, 0.5) is 0 Å². The Morgan fingerprint density at radius 2 is 2.09 bits per heavy atom. The molecule has 0 fully saturated rings. The molecule has 0 bridgehead atoms. The Labute approximate surface area is 145 Å². The van der Waals surface area contributed by atoms with Gasteiger partial charge in [-0.2, -0.15) is 5.26 Å². The summed E-state index contributed by atoms with van der Waals surface area (Å²) in [5.74, 6) is 1.12. The molecule has 2 aromatic carbocycles. The van der Waals surface area contributed by atoms with Crippen molar-refractivity contribution in [3.8, 4) is 17.6 Å². The fourth-order valence-electron chi connectivity index (χ4n) is 2.09. The zero-order chi connectivity index (χ0) is 15.4. The minimum Gasteiger partial charge on any atom is -0.456 e. The van der Waals surface area contributed by atoms with Crippen molar-refractivity contribution in [1.82, 2.24) is 9.55 Å². The van der Waals surface area contributed by atoms with Gasteiger partial charge in [-0.1, -0.05) is 23.7 Å². The van der Waals surface area contributed by atoms with Crippen LogP contribution in [-0.4, -0.2) is 9.55 Å². The maximum atomic E-state index is 9.23. The summed E-state index contributed by atoms with van der Waals surface area (Å²) in [7, 11) is 0. The van der Waals surface area contributed by atoms with Crippen molar-refractivity contribution in [2.75, 3.05) is 0 Å². The quantitative estimate of drug-likeness (QED) is 0.690. The minimum absolute atomic E-state index is 0. The third-order valence-corrected chi connectivity index (χ3v) is 3.35. The molecule has 1 heterocycles. The summed E-state index contributed by atoms with van der Waals surface area (Å²) >= 11 is 5.96. The number of nitriles is 1. The molecule has 0 aliphatic heterocycles. The van der Waals surface area contributed by atoms with Gasteiger partial charge < -0.3 is 9.30 Å². The Kier molecular flexibility index (Phi) is 5.64. The van der Waals surface area contributed by atoms with E-state index in [1.807, 2.05) is 22.9 Å². The van der Waals surface area contributed by atoms with Crippen LogP contribution >= 0.6 is 24.0 Å². The molecule has 1 aromatic heterocycles. The molecule has 0 aliphatic carbocycles. The van der Waals surface area contributed by atoms with Gasteiger partial charge in [-0.15, -0.1) is 12.4 Å². The standard InChI is InChI=1S/C17H12ClN3O.ClH/c18-15-2-1-3-16(9-15)22-17-8-13(4-5-14(17)10-19)11-21-7-6-20-12-21;/h1-9,12H,11H2;1H. The van der Waals surface area contributed by atoms with Crippen molar-refractivity contribution in [3.63, 3.8) is 0 Å². The first-order valence-electron chi connectivity index (χ1n) is 6.67. The fourth-order valence-corrected chi connectivity index (χ4v) is 2.27. The van der Waals surface area contributed by atoms with Crippen LogP contribution in [0, 0.1) is 11.3 Å². The van der Waals surface area contributed by atoms with E-state index >= 15 is 0 Å². The van der Waals surface area contributed by atoms with Crippen molar-refractivity contribution >= 4 is 24.0 Å². The second kappa shape index (κ2) is 7.68. The molecule has 116 valence electrons. The number of hydrogen-bond donors (Lipinski definition) is 0. The average molecular weight is 346 g/mol. The number of nitrogens with zero attached hydrogens (tertiary/aromatic N) is 3. The van der Waals surface area contributed by atoms with E-state index in [2.05, 4.69) is 11.1 Å². The molecule has 0 unspecified atom stereocenters. The highest BCUT2D eigenvalue weighted by Crippen LogP contribution is 2.28. The van der Waals surface area contributed by atoms with Crippen molar-refractivity contribution in [1.29, 1.82) is 5.26 Å². The van der Waals surface area contributed by atoms with Crippen molar-refractivity contribution < 1.29 is 4.74 Å². The van der Waals surface area contributed by atoms with Crippen LogP contribution < -0.4 is 4.74 Å². The molecule has 6 heteroatoms. The predicted molar refractivity (Wildman–Crippen MR) is 91.3 cm³/mol. The third kappa shape index (κ3) is 4.26. The van der Waals surface area contributed by atoms with Gasteiger partial charge in [-0.3, -0.25) is 0 Å². The molecular formula is C17H13Cl2N3O. The van der Waals surface area contributed by atoms with E-state index in [4.69, 9.17) is 16.3 Å². The summed E-state index contributed by atoms with van der Waals surface area (Å²) < 4.78 is 7.76. The number of benzene rings is 2. The zero-order valence-corrected chi connectivity index (χ0v) is 13.6. The van der Waals surface area contributed by atoms with Crippen LogP contribution in [0.3, 0.4) is 0 Å². The molecule has 0 spiro atoms. The first kappa shape index (κ1) is 16.9. The van der Waals surface area contributed by atoms with E-state index < -0.39 is 0 Å². The average Bonchev–Trinajstić information content (AvgIpc) is 3.01. The van der Waals surface area contributed by atoms with Gasteiger partial charge in [-0.05, 0) is 35.9 Å². The first-order chi connectivity index (χ1) is 10.7. The lowest BCUT2D eigenvalue weighted by atomic mass is 10.1. The monoisotopic (exact) mass is 345 g/mol. The number of ether oxygens (including phenoxy) is 1. The molecule has 23 heavy (non-hydrogen) atoms. The second-order valence-electron chi connectivity index (χ2n) is 4.74. The smallest absolute Gasteiger partial charge is 0.145 e. The normalized spacial score (nSPS) is 9.74. The van der Waals surface area contributed by atoms with Gasteiger partial charge in [0.25, 0.3) is 0 Å². The summed E-state index contributed by atoms with van der Waals surface area (Å²) in [6.45, 7) is 0.664. The Morgan fingerprint density at radius 3 is 2.78 bits per heavy atom. The van der Waals surface area contributed by atoms with E-state index in [1.165, 1.54) is 0 Å². The molecule has 0 N–H and O–H groups in total. The summed E-state index contributed by atoms with van der Waals surface area (Å²) in [6.07, 6.45) is 5.36. The van der Waals surface area contributed by atoms with Crippen LogP contribution in [0.25, 0.3) is 0 Å². The topological polar surface area (TPSA) is 50.8 Å². The number of aromatic nitrogens is 2. The summed E-state index contributed by atoms with van der Waals surface area (Å²) in [5, 5.41) is 9.82. The van der Waals surface area contributed by atoms with Gasteiger partial charge in [0.1, 0.15) is 17.6 Å². The van der Waals surface area contributed by atoms with Crippen LogP contribution in [0.2, 0.25) is 5.02 Å². The fraction of sp³-hybridized carbons (Fsp3) is 0.0588. The minimum atomic E-state index is 0. The highest BCUT2D eigenvalue weighted by molar-refractivity contribution is 6.30. The van der Waals surface area contributed by atoms with Gasteiger partial charge in [0.15, 0.2) is 0 Å². The zero-order valence-electron chi connectivity index (χ0n) is 12.0. The highest BCUT2D eigenvalue weighted by Gasteiger charge is 2.07. The highest BCUT2D eigenvalue weighted by atomic mass is 35.5. The Bertz CT molecular complexity index is 826. The summed E-state index contributed by atoms with van der Waals surface area (Å²) in [6, 6.07) is 14.8. The molecule has 3 rings (SSSR count). The summed E-state index contributed by atoms with van der Waals surface area (Å²) in [5.41, 5.74) is 1.50. The number of halogens is 2.